The third-order valence-electron chi connectivity index (χ3n) is 3.18. The van der Waals surface area contributed by atoms with Crippen LogP contribution in [0.2, 0.25) is 0 Å². The van der Waals surface area contributed by atoms with Crippen LogP contribution >= 0.6 is 0 Å². The molecule has 21 heavy (non-hydrogen) atoms. The van der Waals surface area contributed by atoms with Gasteiger partial charge in [-0.05, 0) is 24.6 Å². The van der Waals surface area contributed by atoms with Crippen molar-refractivity contribution in [3.8, 4) is 0 Å². The molecule has 0 spiro atoms. The Balaban J connectivity index is 1.90. The summed E-state index contributed by atoms with van der Waals surface area (Å²) in [6.45, 7) is 0.594. The molecule has 1 aliphatic heterocycles. The first-order valence-corrected chi connectivity index (χ1v) is 8.10. The second-order valence-electron chi connectivity index (χ2n) is 4.75. The number of benzene rings is 1. The molecular weight excluding hydrogens is 296 g/mol. The van der Waals surface area contributed by atoms with E-state index < -0.39 is 16.0 Å². The number of hydrogen-bond acceptors (Lipinski definition) is 4. The highest BCUT2D eigenvalue weighted by atomic mass is 32.2. The van der Waals surface area contributed by atoms with Crippen LogP contribution in [0.25, 0.3) is 0 Å². The Hall–Kier alpha value is -1.93. The number of nitrogens with one attached hydrogen (secondary N) is 1. The lowest BCUT2D eigenvalue weighted by atomic mass is 10.2. The highest BCUT2D eigenvalue weighted by Gasteiger charge is 2.28. The molecule has 1 aliphatic rings. The van der Waals surface area contributed by atoms with Crippen LogP contribution in [0.1, 0.15) is 23.2 Å². The predicted molar refractivity (Wildman–Crippen MR) is 76.6 cm³/mol. The normalized spacial score (nSPS) is 17.5. The standard InChI is InChI=1S/C13H16N2O5S/c16-12(5-7-15-6-2-8-21(15,19)20)14-11-4-1-3-10(9-11)13(17)18/h1,3-4,9H,2,5-8H2,(H,14,16)(H,17,18). The first-order valence-electron chi connectivity index (χ1n) is 6.49. The Morgan fingerprint density at radius 2 is 2.10 bits per heavy atom. The van der Waals surface area contributed by atoms with Crippen molar-refractivity contribution in [2.75, 3.05) is 24.2 Å². The van der Waals surface area contributed by atoms with Crippen molar-refractivity contribution in [3.05, 3.63) is 29.8 Å². The molecule has 1 fully saturated rings. The lowest BCUT2D eigenvalue weighted by Gasteiger charge is -2.13. The summed E-state index contributed by atoms with van der Waals surface area (Å²) < 4.78 is 24.5. The summed E-state index contributed by atoms with van der Waals surface area (Å²) in [5.74, 6) is -1.29. The van der Waals surface area contributed by atoms with Gasteiger partial charge < -0.3 is 10.4 Å². The van der Waals surface area contributed by atoms with Crippen LogP contribution in [-0.2, 0) is 14.8 Å². The molecule has 0 unspecified atom stereocenters. The number of hydrogen-bond donors (Lipinski definition) is 2. The zero-order chi connectivity index (χ0) is 15.5. The number of amides is 1. The maximum atomic E-state index is 11.8. The summed E-state index contributed by atoms with van der Waals surface area (Å²) in [6, 6.07) is 5.89. The summed E-state index contributed by atoms with van der Waals surface area (Å²) in [4.78, 5) is 22.6. The SMILES string of the molecule is O=C(CCN1CCCS1(=O)=O)Nc1cccc(C(=O)O)c1. The summed E-state index contributed by atoms with van der Waals surface area (Å²) >= 11 is 0. The van der Waals surface area contributed by atoms with Crippen LogP contribution in [0.3, 0.4) is 0 Å². The number of carbonyl (C=O) groups excluding carboxylic acids is 1. The van der Waals surface area contributed by atoms with Crippen molar-refractivity contribution in [2.24, 2.45) is 0 Å². The molecule has 114 valence electrons. The number of aromatic carboxylic acids is 1. The van der Waals surface area contributed by atoms with Gasteiger partial charge in [0.15, 0.2) is 0 Å². The Morgan fingerprint density at radius 1 is 1.33 bits per heavy atom. The minimum Gasteiger partial charge on any atom is -0.478 e. The average molecular weight is 312 g/mol. The second kappa shape index (κ2) is 6.23. The highest BCUT2D eigenvalue weighted by molar-refractivity contribution is 7.89. The highest BCUT2D eigenvalue weighted by Crippen LogP contribution is 2.14. The van der Waals surface area contributed by atoms with Gasteiger partial charge in [0.1, 0.15) is 0 Å². The largest absolute Gasteiger partial charge is 0.478 e. The molecule has 8 heteroatoms. The first kappa shape index (κ1) is 15.5. The van der Waals surface area contributed by atoms with Crippen LogP contribution in [0, 0.1) is 0 Å². The van der Waals surface area contributed by atoms with Crippen LogP contribution in [-0.4, -0.2) is 48.5 Å². The number of carboxylic acid groups (broad SMARTS) is 1. The topological polar surface area (TPSA) is 104 Å². The van der Waals surface area contributed by atoms with E-state index in [4.69, 9.17) is 5.11 Å². The molecule has 0 aliphatic carbocycles. The molecular formula is C13H16N2O5S. The molecule has 1 aromatic rings. The predicted octanol–water partition coefficient (Wildman–Crippen LogP) is 0.749. The minimum atomic E-state index is -3.20. The number of sulfonamides is 1. The zero-order valence-electron chi connectivity index (χ0n) is 11.3. The molecule has 1 saturated heterocycles. The van der Waals surface area contributed by atoms with Crippen molar-refractivity contribution < 1.29 is 23.1 Å². The van der Waals surface area contributed by atoms with Gasteiger partial charge in [-0.15, -0.1) is 0 Å². The van der Waals surface area contributed by atoms with Gasteiger partial charge in [0.2, 0.25) is 15.9 Å². The van der Waals surface area contributed by atoms with Gasteiger partial charge in [-0.3, -0.25) is 4.79 Å². The van der Waals surface area contributed by atoms with E-state index in [1.54, 1.807) is 6.07 Å². The van der Waals surface area contributed by atoms with Crippen molar-refractivity contribution in [1.82, 2.24) is 4.31 Å². The van der Waals surface area contributed by atoms with E-state index in [0.29, 0.717) is 18.7 Å². The Bertz CT molecular complexity index is 656. The van der Waals surface area contributed by atoms with Gasteiger partial charge in [0, 0.05) is 25.2 Å². The van der Waals surface area contributed by atoms with E-state index in [2.05, 4.69) is 5.32 Å². The van der Waals surface area contributed by atoms with Gasteiger partial charge in [0.25, 0.3) is 0 Å². The summed E-state index contributed by atoms with van der Waals surface area (Å²) in [5.41, 5.74) is 0.457. The molecule has 2 rings (SSSR count). The minimum absolute atomic E-state index is 0.0382. The van der Waals surface area contributed by atoms with Gasteiger partial charge in [-0.2, -0.15) is 0 Å². The summed E-state index contributed by atoms with van der Waals surface area (Å²) in [6.07, 6.45) is 0.626. The average Bonchev–Trinajstić information content (AvgIpc) is 2.75. The maximum Gasteiger partial charge on any atom is 0.335 e. The van der Waals surface area contributed by atoms with E-state index in [9.17, 15) is 18.0 Å². The van der Waals surface area contributed by atoms with Crippen molar-refractivity contribution in [3.63, 3.8) is 0 Å². The van der Waals surface area contributed by atoms with Crippen LogP contribution < -0.4 is 5.32 Å². The van der Waals surface area contributed by atoms with Gasteiger partial charge in [0.05, 0.1) is 11.3 Å². The Morgan fingerprint density at radius 3 is 2.71 bits per heavy atom. The first-order chi connectivity index (χ1) is 9.88. The van der Waals surface area contributed by atoms with Crippen molar-refractivity contribution in [2.45, 2.75) is 12.8 Å². The van der Waals surface area contributed by atoms with Gasteiger partial charge >= 0.3 is 5.97 Å². The molecule has 0 atom stereocenters. The molecule has 1 heterocycles. The fraction of sp³-hybridized carbons (Fsp3) is 0.385. The Kier molecular flexibility index (Phi) is 4.59. The smallest absolute Gasteiger partial charge is 0.335 e. The van der Waals surface area contributed by atoms with Gasteiger partial charge in [-0.1, -0.05) is 6.07 Å². The molecule has 0 aromatic heterocycles. The van der Waals surface area contributed by atoms with E-state index >= 15 is 0 Å². The van der Waals surface area contributed by atoms with Crippen molar-refractivity contribution in [1.29, 1.82) is 0 Å². The quantitative estimate of drug-likeness (QED) is 0.835. The Labute approximate surface area is 122 Å². The van der Waals surface area contributed by atoms with Crippen molar-refractivity contribution >= 4 is 27.6 Å². The third-order valence-corrected chi connectivity index (χ3v) is 5.14. The van der Waals surface area contributed by atoms with Crippen LogP contribution in [0.15, 0.2) is 24.3 Å². The molecule has 0 saturated carbocycles. The lowest BCUT2D eigenvalue weighted by Crippen LogP contribution is -2.29. The summed E-state index contributed by atoms with van der Waals surface area (Å²) in [7, 11) is -3.20. The second-order valence-corrected chi connectivity index (χ2v) is 6.84. The number of carbonyl (C=O) groups is 2. The molecule has 1 amide bonds. The number of nitrogens with zero attached hydrogens (tertiary/aromatic N) is 1. The van der Waals surface area contributed by atoms with Crippen LogP contribution in [0.4, 0.5) is 5.69 Å². The van der Waals surface area contributed by atoms with E-state index in [1.165, 1.54) is 22.5 Å². The molecule has 1 aromatic carbocycles. The fourth-order valence-electron chi connectivity index (χ4n) is 2.12. The summed E-state index contributed by atoms with van der Waals surface area (Å²) in [5, 5.41) is 11.4. The molecule has 2 N–H and O–H groups in total. The third kappa shape index (κ3) is 4.02. The number of rotatable bonds is 5. The molecule has 0 bridgehead atoms. The van der Waals surface area contributed by atoms with Crippen LogP contribution in [0.5, 0.6) is 0 Å². The van der Waals surface area contributed by atoms with E-state index in [1.807, 2.05) is 0 Å². The van der Waals surface area contributed by atoms with E-state index in [0.717, 1.165) is 0 Å². The molecule has 7 nitrogen and oxygen atoms in total. The monoisotopic (exact) mass is 312 g/mol. The van der Waals surface area contributed by atoms with E-state index in [-0.39, 0.29) is 30.2 Å². The fourth-order valence-corrected chi connectivity index (χ4v) is 3.65. The number of carboxylic acids is 1. The maximum absolute atomic E-state index is 11.8. The number of anilines is 1. The van der Waals surface area contributed by atoms with Gasteiger partial charge in [-0.25, -0.2) is 17.5 Å². The zero-order valence-corrected chi connectivity index (χ0v) is 12.1. The lowest BCUT2D eigenvalue weighted by molar-refractivity contribution is -0.116. The molecule has 0 radical (unpaired) electrons.